The zero-order valence-electron chi connectivity index (χ0n) is 13.4. The molecule has 0 unspecified atom stereocenters. The number of fused-ring (bicyclic) bond motifs is 1. The van der Waals surface area contributed by atoms with E-state index in [1.54, 1.807) is 12.1 Å². The van der Waals surface area contributed by atoms with Crippen LogP contribution >= 0.6 is 0 Å². The molecule has 0 fully saturated rings. The Kier molecular flexibility index (Phi) is 5.00. The number of aromatic amines is 1. The average Bonchev–Trinajstić information content (AvgIpc) is 2.57. The number of amides is 1. The lowest BCUT2D eigenvalue weighted by atomic mass is 10.2. The van der Waals surface area contributed by atoms with Crippen molar-refractivity contribution in [3.05, 3.63) is 41.0 Å². The Bertz CT molecular complexity index is 798. The highest BCUT2D eigenvalue weighted by Crippen LogP contribution is 2.29. The van der Waals surface area contributed by atoms with Gasteiger partial charge in [0.15, 0.2) is 11.5 Å². The van der Waals surface area contributed by atoms with Crippen LogP contribution in [0.2, 0.25) is 0 Å². The number of hydrogen-bond donors (Lipinski definition) is 1. The molecule has 0 saturated heterocycles. The highest BCUT2D eigenvalue weighted by molar-refractivity contribution is 5.87. The number of carbonyl (C=O) groups excluding carboxylic acids is 1. The molecule has 122 valence electrons. The van der Waals surface area contributed by atoms with Crippen LogP contribution in [0.15, 0.2) is 29.6 Å². The molecule has 7 heteroatoms. The number of ether oxygens (including phenoxy) is 2. The lowest BCUT2D eigenvalue weighted by molar-refractivity contribution is -0.126. The van der Waals surface area contributed by atoms with Gasteiger partial charge in [0, 0.05) is 12.6 Å². The summed E-state index contributed by atoms with van der Waals surface area (Å²) >= 11 is 0. The summed E-state index contributed by atoms with van der Waals surface area (Å²) in [5.41, 5.74) is 0.177. The predicted octanol–water partition coefficient (Wildman–Crippen LogP) is 1.47. The minimum atomic E-state index is -0.298. The Balaban J connectivity index is 2.50. The number of benzene rings is 1. The number of H-pyrrole nitrogens is 1. The third kappa shape index (κ3) is 3.33. The van der Waals surface area contributed by atoms with Crippen molar-refractivity contribution in [2.24, 2.45) is 0 Å². The summed E-state index contributed by atoms with van der Waals surface area (Å²) in [6, 6.07) is 3.22. The SMILES string of the molecule is C=CC(=O)N(CC)Cc1nc2cc(OC)c(OC)cc2c(=O)[nH]1. The molecule has 0 saturated carbocycles. The fraction of sp³-hybridized carbons (Fsp3) is 0.312. The average molecular weight is 317 g/mol. The van der Waals surface area contributed by atoms with E-state index in [1.165, 1.54) is 25.2 Å². The molecule has 0 spiro atoms. The van der Waals surface area contributed by atoms with E-state index >= 15 is 0 Å². The van der Waals surface area contributed by atoms with Gasteiger partial charge in [-0.1, -0.05) is 6.58 Å². The number of hydrogen-bond acceptors (Lipinski definition) is 5. The zero-order chi connectivity index (χ0) is 17.0. The van der Waals surface area contributed by atoms with Gasteiger partial charge in [-0.05, 0) is 19.1 Å². The van der Waals surface area contributed by atoms with Crippen LogP contribution in [0.5, 0.6) is 11.5 Å². The Labute approximate surface area is 133 Å². The molecule has 0 bridgehead atoms. The lowest BCUT2D eigenvalue weighted by Crippen LogP contribution is -2.30. The first-order valence-electron chi connectivity index (χ1n) is 7.10. The molecule has 0 aliphatic heterocycles. The third-order valence-electron chi connectivity index (χ3n) is 3.47. The standard InChI is InChI=1S/C16H19N3O4/c1-5-15(20)19(6-2)9-14-17-11-8-13(23-4)12(22-3)7-10(11)16(21)18-14/h5,7-8H,1,6,9H2,2-4H3,(H,17,18,21). The first-order valence-corrected chi connectivity index (χ1v) is 7.10. The van der Waals surface area contributed by atoms with Crippen molar-refractivity contribution in [1.29, 1.82) is 0 Å². The van der Waals surface area contributed by atoms with Crippen molar-refractivity contribution in [1.82, 2.24) is 14.9 Å². The zero-order valence-corrected chi connectivity index (χ0v) is 13.4. The quantitative estimate of drug-likeness (QED) is 0.816. The smallest absolute Gasteiger partial charge is 0.258 e. The molecule has 1 amide bonds. The van der Waals surface area contributed by atoms with E-state index in [0.29, 0.717) is 34.8 Å². The minimum Gasteiger partial charge on any atom is -0.493 e. The number of rotatable bonds is 6. The van der Waals surface area contributed by atoms with Crippen molar-refractivity contribution < 1.29 is 14.3 Å². The monoisotopic (exact) mass is 317 g/mol. The van der Waals surface area contributed by atoms with Crippen LogP contribution in [0.3, 0.4) is 0 Å². The van der Waals surface area contributed by atoms with Gasteiger partial charge < -0.3 is 19.4 Å². The third-order valence-corrected chi connectivity index (χ3v) is 3.47. The molecule has 1 aromatic carbocycles. The van der Waals surface area contributed by atoms with E-state index < -0.39 is 0 Å². The van der Waals surface area contributed by atoms with Crippen LogP contribution in [0.4, 0.5) is 0 Å². The van der Waals surface area contributed by atoms with Gasteiger partial charge in [0.25, 0.3) is 5.56 Å². The van der Waals surface area contributed by atoms with E-state index in [0.717, 1.165) is 0 Å². The number of aromatic nitrogens is 2. The van der Waals surface area contributed by atoms with Gasteiger partial charge in [0.05, 0.1) is 31.7 Å². The van der Waals surface area contributed by atoms with Crippen LogP contribution < -0.4 is 15.0 Å². The Hall–Kier alpha value is -2.83. The molecule has 0 aliphatic carbocycles. The molecule has 2 aromatic rings. The summed E-state index contributed by atoms with van der Waals surface area (Å²) in [7, 11) is 3.01. The van der Waals surface area contributed by atoms with Gasteiger partial charge in [-0.2, -0.15) is 0 Å². The van der Waals surface area contributed by atoms with Crippen LogP contribution in [-0.2, 0) is 11.3 Å². The van der Waals surface area contributed by atoms with Gasteiger partial charge >= 0.3 is 0 Å². The molecule has 1 heterocycles. The van der Waals surface area contributed by atoms with E-state index in [2.05, 4.69) is 16.5 Å². The molecule has 23 heavy (non-hydrogen) atoms. The molecule has 0 atom stereocenters. The molecule has 2 rings (SSSR count). The van der Waals surface area contributed by atoms with Crippen molar-refractivity contribution in [3.63, 3.8) is 0 Å². The summed E-state index contributed by atoms with van der Waals surface area (Å²) in [6.07, 6.45) is 1.23. The highest BCUT2D eigenvalue weighted by Gasteiger charge is 2.14. The summed E-state index contributed by atoms with van der Waals surface area (Å²) in [4.78, 5) is 32.6. The molecule has 1 N–H and O–H groups in total. The second-order valence-corrected chi connectivity index (χ2v) is 4.79. The van der Waals surface area contributed by atoms with Crippen molar-refractivity contribution in [2.75, 3.05) is 20.8 Å². The van der Waals surface area contributed by atoms with Crippen molar-refractivity contribution >= 4 is 16.8 Å². The summed E-state index contributed by atoms with van der Waals surface area (Å²) in [5.74, 6) is 1.12. The first-order chi connectivity index (χ1) is 11.0. The second-order valence-electron chi connectivity index (χ2n) is 4.79. The predicted molar refractivity (Wildman–Crippen MR) is 86.8 cm³/mol. The summed E-state index contributed by atoms with van der Waals surface area (Å²) in [5, 5.41) is 0.393. The van der Waals surface area contributed by atoms with Gasteiger partial charge in [-0.15, -0.1) is 0 Å². The first kappa shape index (κ1) is 16.5. The largest absolute Gasteiger partial charge is 0.493 e. The fourth-order valence-electron chi connectivity index (χ4n) is 2.24. The topological polar surface area (TPSA) is 84.5 Å². The molecule has 7 nitrogen and oxygen atoms in total. The van der Waals surface area contributed by atoms with Crippen LogP contribution in [-0.4, -0.2) is 41.5 Å². The van der Waals surface area contributed by atoms with E-state index in [1.807, 2.05) is 6.92 Å². The Morgan fingerprint density at radius 1 is 1.35 bits per heavy atom. The maximum Gasteiger partial charge on any atom is 0.258 e. The van der Waals surface area contributed by atoms with E-state index in [9.17, 15) is 9.59 Å². The van der Waals surface area contributed by atoms with E-state index in [-0.39, 0.29) is 18.0 Å². The van der Waals surface area contributed by atoms with Gasteiger partial charge in [-0.3, -0.25) is 9.59 Å². The van der Waals surface area contributed by atoms with Crippen LogP contribution in [0.25, 0.3) is 10.9 Å². The van der Waals surface area contributed by atoms with Gasteiger partial charge in [0.1, 0.15) is 5.82 Å². The van der Waals surface area contributed by atoms with Gasteiger partial charge in [0.2, 0.25) is 5.91 Å². The summed E-state index contributed by atoms with van der Waals surface area (Å²) < 4.78 is 10.4. The van der Waals surface area contributed by atoms with Crippen LogP contribution in [0.1, 0.15) is 12.7 Å². The Morgan fingerprint density at radius 2 is 2.00 bits per heavy atom. The number of carbonyl (C=O) groups is 1. The number of likely N-dealkylation sites (N-methyl/N-ethyl adjacent to an activating group) is 1. The highest BCUT2D eigenvalue weighted by atomic mass is 16.5. The van der Waals surface area contributed by atoms with Gasteiger partial charge in [-0.25, -0.2) is 4.98 Å². The molecule has 0 radical (unpaired) electrons. The van der Waals surface area contributed by atoms with Crippen LogP contribution in [0, 0.1) is 0 Å². The maximum atomic E-state index is 12.3. The van der Waals surface area contributed by atoms with Crippen molar-refractivity contribution in [3.8, 4) is 11.5 Å². The fourth-order valence-corrected chi connectivity index (χ4v) is 2.24. The molecular weight excluding hydrogens is 298 g/mol. The number of nitrogens with zero attached hydrogens (tertiary/aromatic N) is 2. The lowest BCUT2D eigenvalue weighted by Gasteiger charge is -2.18. The minimum absolute atomic E-state index is 0.195. The molecular formula is C16H19N3O4. The molecule has 1 aromatic heterocycles. The Morgan fingerprint density at radius 3 is 2.57 bits per heavy atom. The number of methoxy groups -OCH3 is 2. The second kappa shape index (κ2) is 6.95. The molecule has 0 aliphatic rings. The van der Waals surface area contributed by atoms with Crippen molar-refractivity contribution in [2.45, 2.75) is 13.5 Å². The maximum absolute atomic E-state index is 12.3. The normalized spacial score (nSPS) is 10.4. The number of nitrogens with one attached hydrogen (secondary N) is 1. The van der Waals surface area contributed by atoms with E-state index in [4.69, 9.17) is 9.47 Å². The summed E-state index contributed by atoms with van der Waals surface area (Å²) in [6.45, 7) is 5.99.